The maximum atomic E-state index is 9.17. The Morgan fingerprint density at radius 3 is 2.06 bits per heavy atom. The van der Waals surface area contributed by atoms with Crippen molar-refractivity contribution < 1.29 is 14.0 Å². The van der Waals surface area contributed by atoms with Gasteiger partial charge in [-0.05, 0) is 67.2 Å². The van der Waals surface area contributed by atoms with Gasteiger partial charge in [0.1, 0.15) is 17.5 Å². The summed E-state index contributed by atoms with van der Waals surface area (Å²) in [6.45, 7) is 22.1. The minimum absolute atomic E-state index is 0.0157. The third-order valence-corrected chi connectivity index (χ3v) is 9.46. The number of pyridine rings is 1. The van der Waals surface area contributed by atoms with Crippen LogP contribution in [0.3, 0.4) is 0 Å². The van der Waals surface area contributed by atoms with Crippen LogP contribution in [0.2, 0.25) is 0 Å². The Kier molecular flexibility index (Phi) is 5.51. The molecular formula is C28H37BN2O3. The number of benzene rings is 1. The molecule has 180 valence electrons. The molecule has 1 aliphatic carbocycles. The Labute approximate surface area is 205 Å². The predicted octanol–water partition coefficient (Wildman–Crippen LogP) is 5.55. The highest BCUT2D eigenvalue weighted by Crippen LogP contribution is 2.61. The van der Waals surface area contributed by atoms with E-state index in [-0.39, 0.29) is 22.9 Å². The van der Waals surface area contributed by atoms with Crippen molar-refractivity contribution in [3.05, 3.63) is 41.6 Å². The van der Waals surface area contributed by atoms with Gasteiger partial charge in [-0.15, -0.1) is 0 Å². The van der Waals surface area contributed by atoms with E-state index in [1.54, 1.807) is 6.20 Å². The number of hydrogen-bond acceptors (Lipinski definition) is 5. The molecule has 0 N–H and O–H groups in total. The van der Waals surface area contributed by atoms with Gasteiger partial charge >= 0.3 is 7.12 Å². The number of fused-ring (bicyclic) bond motifs is 1. The summed E-state index contributed by atoms with van der Waals surface area (Å²) >= 11 is 0. The van der Waals surface area contributed by atoms with Crippen molar-refractivity contribution in [3.63, 3.8) is 0 Å². The van der Waals surface area contributed by atoms with Crippen LogP contribution < -0.4 is 10.2 Å². The SMILES string of the molecule is CC1(C)OB(c2cnc(-c3ccc4c(c3)C(C)(C)C(C)(C)C4(C)C)c(OCC#N)c2)OC1(C)C. The molecule has 0 radical (unpaired) electrons. The first-order chi connectivity index (χ1) is 15.6. The fourth-order valence-electron chi connectivity index (χ4n) is 5.21. The zero-order valence-corrected chi connectivity index (χ0v) is 22.3. The second-order valence-corrected chi connectivity index (χ2v) is 12.3. The van der Waals surface area contributed by atoms with Crippen molar-refractivity contribution >= 4 is 12.6 Å². The third-order valence-electron chi connectivity index (χ3n) is 9.46. The number of ether oxygens (including phenoxy) is 1. The number of nitriles is 1. The minimum atomic E-state index is -0.545. The van der Waals surface area contributed by atoms with Gasteiger partial charge in [-0.2, -0.15) is 5.26 Å². The molecule has 0 spiro atoms. The summed E-state index contributed by atoms with van der Waals surface area (Å²) in [5.41, 5.74) is 4.39. The third kappa shape index (κ3) is 3.40. The highest BCUT2D eigenvalue weighted by atomic mass is 16.7. The lowest BCUT2D eigenvalue weighted by Gasteiger charge is -2.44. The zero-order chi connectivity index (χ0) is 25.3. The summed E-state index contributed by atoms with van der Waals surface area (Å²) in [6.07, 6.45) is 1.79. The van der Waals surface area contributed by atoms with E-state index in [0.717, 1.165) is 16.7 Å². The molecule has 1 fully saturated rings. The van der Waals surface area contributed by atoms with Gasteiger partial charge in [-0.1, -0.05) is 53.7 Å². The highest BCUT2D eigenvalue weighted by Gasteiger charge is 2.57. The second kappa shape index (κ2) is 7.57. The van der Waals surface area contributed by atoms with Crippen molar-refractivity contribution in [1.29, 1.82) is 5.26 Å². The monoisotopic (exact) mass is 460 g/mol. The molecule has 2 aliphatic rings. The molecule has 1 aliphatic heterocycles. The Morgan fingerprint density at radius 2 is 1.47 bits per heavy atom. The molecule has 1 aromatic carbocycles. The molecule has 4 rings (SSSR count). The fourth-order valence-corrected chi connectivity index (χ4v) is 5.21. The van der Waals surface area contributed by atoms with Gasteiger partial charge in [-0.25, -0.2) is 0 Å². The first-order valence-corrected chi connectivity index (χ1v) is 12.1. The summed E-state index contributed by atoms with van der Waals surface area (Å²) in [5.74, 6) is 0.558. The van der Waals surface area contributed by atoms with Gasteiger partial charge in [0.05, 0.1) is 11.2 Å². The molecule has 0 saturated carbocycles. The number of nitrogens with zero attached hydrogens (tertiary/aromatic N) is 2. The average molecular weight is 460 g/mol. The molecule has 34 heavy (non-hydrogen) atoms. The van der Waals surface area contributed by atoms with Crippen LogP contribution in [-0.4, -0.2) is 29.9 Å². The predicted molar refractivity (Wildman–Crippen MR) is 136 cm³/mol. The van der Waals surface area contributed by atoms with E-state index in [4.69, 9.17) is 19.0 Å². The topological polar surface area (TPSA) is 64.4 Å². The maximum absolute atomic E-state index is 9.17. The van der Waals surface area contributed by atoms with Crippen LogP contribution in [-0.2, 0) is 20.1 Å². The van der Waals surface area contributed by atoms with Crippen molar-refractivity contribution in [1.82, 2.24) is 4.98 Å². The fraction of sp³-hybridized carbons (Fsp3) is 0.571. The Bertz CT molecular complexity index is 1160. The van der Waals surface area contributed by atoms with Crippen molar-refractivity contribution in [2.24, 2.45) is 5.41 Å². The molecule has 1 aromatic heterocycles. The molecular weight excluding hydrogens is 423 g/mol. The molecule has 6 heteroatoms. The van der Waals surface area contributed by atoms with Crippen LogP contribution in [0.1, 0.15) is 80.4 Å². The zero-order valence-electron chi connectivity index (χ0n) is 22.3. The lowest BCUT2D eigenvalue weighted by Crippen LogP contribution is -2.42. The number of rotatable bonds is 4. The molecule has 0 unspecified atom stereocenters. The van der Waals surface area contributed by atoms with E-state index in [1.165, 1.54) is 11.1 Å². The lowest BCUT2D eigenvalue weighted by atomic mass is 9.59. The normalized spacial score (nSPS) is 22.8. The molecule has 0 atom stereocenters. The number of hydrogen-bond donors (Lipinski definition) is 0. The Balaban J connectivity index is 1.79. The largest absolute Gasteiger partial charge is 0.496 e. The molecule has 2 aromatic rings. The van der Waals surface area contributed by atoms with Crippen molar-refractivity contribution in [2.45, 2.75) is 91.3 Å². The van der Waals surface area contributed by atoms with Crippen LogP contribution in [0.25, 0.3) is 11.3 Å². The summed E-state index contributed by atoms with van der Waals surface area (Å²) in [6, 6.07) is 10.6. The average Bonchev–Trinajstić information content (AvgIpc) is 3.03. The van der Waals surface area contributed by atoms with Gasteiger partial charge in [0, 0.05) is 17.2 Å². The summed E-state index contributed by atoms with van der Waals surface area (Å²) in [7, 11) is -0.545. The summed E-state index contributed by atoms with van der Waals surface area (Å²) in [4.78, 5) is 4.79. The smallest absolute Gasteiger partial charge is 0.476 e. The Morgan fingerprint density at radius 1 is 0.882 bits per heavy atom. The van der Waals surface area contributed by atoms with Gasteiger partial charge in [0.2, 0.25) is 0 Å². The van der Waals surface area contributed by atoms with E-state index in [2.05, 4.69) is 65.8 Å². The standard InChI is InChI=1S/C28H37BN2O3/c1-24(2)20-12-11-18(15-21(20)25(3,4)26(24,5)6)23-22(32-14-13-30)16-19(17-31-23)29-33-27(7,8)28(9,10)34-29/h11-12,15-17H,14H2,1-10H3. The quantitative estimate of drug-likeness (QED) is 0.560. The summed E-state index contributed by atoms with van der Waals surface area (Å²) < 4.78 is 18.3. The van der Waals surface area contributed by atoms with E-state index < -0.39 is 18.3 Å². The van der Waals surface area contributed by atoms with Crippen LogP contribution >= 0.6 is 0 Å². The van der Waals surface area contributed by atoms with E-state index in [1.807, 2.05) is 33.8 Å². The van der Waals surface area contributed by atoms with Gasteiger partial charge in [0.25, 0.3) is 0 Å². The molecule has 2 heterocycles. The maximum Gasteiger partial charge on any atom is 0.496 e. The van der Waals surface area contributed by atoms with E-state index in [0.29, 0.717) is 5.75 Å². The van der Waals surface area contributed by atoms with E-state index >= 15 is 0 Å². The molecule has 0 amide bonds. The second-order valence-electron chi connectivity index (χ2n) is 12.3. The van der Waals surface area contributed by atoms with Crippen molar-refractivity contribution in [3.8, 4) is 23.1 Å². The number of aromatic nitrogens is 1. The molecule has 5 nitrogen and oxygen atoms in total. The van der Waals surface area contributed by atoms with Gasteiger partial charge in [0.15, 0.2) is 6.61 Å². The van der Waals surface area contributed by atoms with E-state index in [9.17, 15) is 5.26 Å². The lowest BCUT2D eigenvalue weighted by molar-refractivity contribution is 0.00578. The van der Waals surface area contributed by atoms with Gasteiger partial charge < -0.3 is 14.0 Å². The van der Waals surface area contributed by atoms with Crippen LogP contribution in [0, 0.1) is 16.7 Å². The van der Waals surface area contributed by atoms with Crippen LogP contribution in [0.15, 0.2) is 30.5 Å². The van der Waals surface area contributed by atoms with Crippen LogP contribution in [0.4, 0.5) is 0 Å². The van der Waals surface area contributed by atoms with Crippen LogP contribution in [0.5, 0.6) is 5.75 Å². The van der Waals surface area contributed by atoms with Gasteiger partial charge in [-0.3, -0.25) is 4.98 Å². The summed E-state index contributed by atoms with van der Waals surface area (Å²) in [5, 5.41) is 9.17. The van der Waals surface area contributed by atoms with Crippen molar-refractivity contribution in [2.75, 3.05) is 6.61 Å². The molecule has 0 bridgehead atoms. The Hall–Kier alpha value is -2.36. The highest BCUT2D eigenvalue weighted by molar-refractivity contribution is 6.62. The minimum Gasteiger partial charge on any atom is -0.476 e. The first kappa shape index (κ1) is 24.8. The first-order valence-electron chi connectivity index (χ1n) is 12.1. The molecule has 1 saturated heterocycles.